The number of fused-ring (bicyclic) bond motifs is 5. The molecule has 1 atom stereocenters. The van der Waals surface area contributed by atoms with Gasteiger partial charge in [-0.05, 0) is 50.6 Å². The van der Waals surface area contributed by atoms with Gasteiger partial charge in [0.2, 0.25) is 0 Å². The molecule has 4 aromatic carbocycles. The van der Waals surface area contributed by atoms with Crippen LogP contribution in [0.25, 0.3) is 5.57 Å². The number of rotatable bonds is 0. The molecule has 0 amide bonds. The monoisotopic (exact) mass is 393 g/mol. The largest absolute Gasteiger partial charge is 0.251 e. The second-order valence-corrected chi connectivity index (χ2v) is 9.03. The van der Waals surface area contributed by atoms with Crippen molar-refractivity contribution >= 4 is 17.0 Å². The Morgan fingerprint density at radius 3 is 1.65 bits per heavy atom. The molecule has 4 aliphatic carbocycles. The zero-order valence-electron chi connectivity index (χ0n) is 16.9. The van der Waals surface area contributed by atoms with Gasteiger partial charge in [0.05, 0.1) is 17.3 Å². The van der Waals surface area contributed by atoms with Gasteiger partial charge in [-0.1, -0.05) is 91.0 Å². The van der Waals surface area contributed by atoms with E-state index in [4.69, 9.17) is 4.99 Å². The highest BCUT2D eigenvalue weighted by atomic mass is 14.8. The third-order valence-electron chi connectivity index (χ3n) is 7.71. The molecule has 1 aliphatic heterocycles. The number of aliphatic imine (C=N–C) groups is 1. The lowest BCUT2D eigenvalue weighted by atomic mass is 9.54. The summed E-state index contributed by atoms with van der Waals surface area (Å²) in [7, 11) is 0. The number of para-hydroxylation sites is 1. The molecule has 9 rings (SSSR count). The highest BCUT2D eigenvalue weighted by Gasteiger charge is 2.50. The van der Waals surface area contributed by atoms with Crippen LogP contribution >= 0.6 is 0 Å². The van der Waals surface area contributed by atoms with Crippen LogP contribution in [0.5, 0.6) is 0 Å². The first kappa shape index (κ1) is 16.0. The maximum Gasteiger partial charge on any atom is 0.0675 e. The Kier molecular flexibility index (Phi) is 2.85. The quantitative estimate of drug-likeness (QED) is 0.306. The van der Waals surface area contributed by atoms with Crippen molar-refractivity contribution in [3.05, 3.63) is 142 Å². The summed E-state index contributed by atoms with van der Waals surface area (Å²) >= 11 is 0. The van der Waals surface area contributed by atoms with E-state index >= 15 is 0 Å². The number of hydrogen-bond donors (Lipinski definition) is 0. The topological polar surface area (TPSA) is 12.4 Å². The SMILES string of the molecule is c1ccc2c(c1)N=C1c3ccccc3C3=C(C12)C1c2ccccc2C3c2ccccc21. The molecule has 1 unspecified atom stereocenters. The molecule has 1 nitrogen and oxygen atoms in total. The number of benzene rings is 4. The van der Waals surface area contributed by atoms with E-state index in [1.54, 1.807) is 5.57 Å². The van der Waals surface area contributed by atoms with Crippen molar-refractivity contribution in [2.45, 2.75) is 17.8 Å². The van der Waals surface area contributed by atoms with Crippen molar-refractivity contribution in [1.82, 2.24) is 0 Å². The predicted molar refractivity (Wildman–Crippen MR) is 125 cm³/mol. The first-order valence-electron chi connectivity index (χ1n) is 11.1. The zero-order valence-corrected chi connectivity index (χ0v) is 16.9. The predicted octanol–water partition coefficient (Wildman–Crippen LogP) is 6.96. The molecule has 5 aliphatic rings. The Bertz CT molecular complexity index is 1450. The number of allylic oxidation sites excluding steroid dienone is 2. The first-order chi connectivity index (χ1) is 15.4. The average Bonchev–Trinajstić information content (AvgIpc) is 3.24. The maximum atomic E-state index is 5.18. The Balaban J connectivity index is 1.54. The summed E-state index contributed by atoms with van der Waals surface area (Å²) in [6.45, 7) is 0. The van der Waals surface area contributed by atoms with Gasteiger partial charge in [-0.25, -0.2) is 0 Å². The lowest BCUT2D eigenvalue weighted by molar-refractivity contribution is 0.745. The minimum Gasteiger partial charge on any atom is -0.251 e. The third-order valence-corrected chi connectivity index (χ3v) is 7.71. The van der Waals surface area contributed by atoms with Crippen LogP contribution in [0.15, 0.2) is 108 Å². The smallest absolute Gasteiger partial charge is 0.0675 e. The van der Waals surface area contributed by atoms with Crippen molar-refractivity contribution in [2.75, 3.05) is 0 Å². The van der Waals surface area contributed by atoms with Gasteiger partial charge in [0.25, 0.3) is 0 Å². The van der Waals surface area contributed by atoms with Crippen molar-refractivity contribution in [2.24, 2.45) is 4.99 Å². The van der Waals surface area contributed by atoms with E-state index in [9.17, 15) is 0 Å². The molecule has 0 radical (unpaired) electrons. The fourth-order valence-corrected chi connectivity index (χ4v) is 6.66. The molecule has 144 valence electrons. The van der Waals surface area contributed by atoms with E-state index in [0.29, 0.717) is 11.8 Å². The highest BCUT2D eigenvalue weighted by molar-refractivity contribution is 6.18. The standard InChI is InChI=1S/C30H19N/c1-3-11-19-17(9-1)25-18-10-2-4-12-20(18)26(19)29-27(25)21-13-5-6-14-22(21)30-28(29)23-15-7-8-16-24(23)31-30/h1-16,25-26,28H. The molecule has 1 heterocycles. The van der Waals surface area contributed by atoms with Crippen LogP contribution in [0.2, 0.25) is 0 Å². The fraction of sp³-hybridized carbons (Fsp3) is 0.100. The van der Waals surface area contributed by atoms with E-state index in [0.717, 1.165) is 5.69 Å². The van der Waals surface area contributed by atoms with Crippen LogP contribution in [0.1, 0.15) is 56.7 Å². The van der Waals surface area contributed by atoms with Gasteiger partial charge in [-0.3, -0.25) is 4.99 Å². The molecule has 2 bridgehead atoms. The van der Waals surface area contributed by atoms with E-state index in [1.165, 1.54) is 50.2 Å². The highest BCUT2D eigenvalue weighted by Crippen LogP contribution is 2.64. The molecule has 4 aromatic rings. The Morgan fingerprint density at radius 1 is 0.452 bits per heavy atom. The van der Waals surface area contributed by atoms with Crippen LogP contribution < -0.4 is 0 Å². The molecule has 0 fully saturated rings. The molecule has 0 saturated carbocycles. The molecule has 0 N–H and O–H groups in total. The summed E-state index contributed by atoms with van der Waals surface area (Å²) in [5.74, 6) is 0.834. The molecule has 0 spiro atoms. The maximum absolute atomic E-state index is 5.18. The van der Waals surface area contributed by atoms with Crippen molar-refractivity contribution in [3.8, 4) is 0 Å². The lowest BCUT2D eigenvalue weighted by Gasteiger charge is -2.48. The van der Waals surface area contributed by atoms with Gasteiger partial charge in [-0.2, -0.15) is 0 Å². The Hall–Kier alpha value is -3.71. The molecule has 0 aromatic heterocycles. The van der Waals surface area contributed by atoms with E-state index in [-0.39, 0.29) is 5.92 Å². The fourth-order valence-electron chi connectivity index (χ4n) is 6.66. The van der Waals surface area contributed by atoms with E-state index in [1.807, 2.05) is 0 Å². The van der Waals surface area contributed by atoms with Gasteiger partial charge >= 0.3 is 0 Å². The number of nitrogens with zero attached hydrogens (tertiary/aromatic N) is 1. The van der Waals surface area contributed by atoms with Crippen LogP contribution in [-0.4, -0.2) is 5.71 Å². The van der Waals surface area contributed by atoms with Crippen molar-refractivity contribution < 1.29 is 0 Å². The van der Waals surface area contributed by atoms with Crippen LogP contribution in [0.3, 0.4) is 0 Å². The van der Waals surface area contributed by atoms with E-state index in [2.05, 4.69) is 97.1 Å². The van der Waals surface area contributed by atoms with Crippen LogP contribution in [-0.2, 0) is 0 Å². The molecule has 0 saturated heterocycles. The summed E-state index contributed by atoms with van der Waals surface area (Å²) in [5.41, 5.74) is 15.4. The van der Waals surface area contributed by atoms with Gasteiger partial charge in [0.15, 0.2) is 0 Å². The van der Waals surface area contributed by atoms with Crippen molar-refractivity contribution in [1.29, 1.82) is 0 Å². The lowest BCUT2D eigenvalue weighted by Crippen LogP contribution is -2.34. The average molecular weight is 393 g/mol. The second-order valence-electron chi connectivity index (χ2n) is 9.03. The van der Waals surface area contributed by atoms with E-state index < -0.39 is 0 Å². The van der Waals surface area contributed by atoms with Gasteiger partial charge in [0.1, 0.15) is 0 Å². The van der Waals surface area contributed by atoms with Crippen LogP contribution in [0.4, 0.5) is 5.69 Å². The third kappa shape index (κ3) is 1.82. The molecular formula is C30H19N. The molecular weight excluding hydrogens is 374 g/mol. The second kappa shape index (κ2) is 5.50. The summed E-state index contributed by atoms with van der Waals surface area (Å²) in [6, 6.07) is 35.9. The minimum atomic E-state index is 0.246. The summed E-state index contributed by atoms with van der Waals surface area (Å²) in [5, 5.41) is 0. The molecule has 31 heavy (non-hydrogen) atoms. The summed E-state index contributed by atoms with van der Waals surface area (Å²) in [6.07, 6.45) is 0. The Morgan fingerprint density at radius 2 is 0.968 bits per heavy atom. The van der Waals surface area contributed by atoms with Gasteiger partial charge < -0.3 is 0 Å². The molecule has 1 heteroatoms. The first-order valence-corrected chi connectivity index (χ1v) is 11.1. The summed E-state index contributed by atoms with van der Waals surface area (Å²) < 4.78 is 0. The number of hydrogen-bond acceptors (Lipinski definition) is 1. The minimum absolute atomic E-state index is 0.246. The van der Waals surface area contributed by atoms with Crippen LogP contribution in [0, 0.1) is 0 Å². The van der Waals surface area contributed by atoms with Gasteiger partial charge in [-0.15, -0.1) is 0 Å². The summed E-state index contributed by atoms with van der Waals surface area (Å²) in [4.78, 5) is 5.18. The van der Waals surface area contributed by atoms with Crippen molar-refractivity contribution in [3.63, 3.8) is 0 Å². The zero-order chi connectivity index (χ0) is 20.1. The Labute approximate surface area is 181 Å². The normalized spacial score (nSPS) is 23.2. The van der Waals surface area contributed by atoms with Gasteiger partial charge in [0, 0.05) is 17.4 Å².